The Labute approximate surface area is 63.1 Å². The molecule has 1 aromatic rings. The minimum Gasteiger partial charge on any atom is -0.618 e. The SMILES string of the molecule is [O-][n+]1ccccc1C(O)=S. The Morgan fingerprint density at radius 1 is 1.60 bits per heavy atom. The Bertz CT molecular complexity index is 262. The summed E-state index contributed by atoms with van der Waals surface area (Å²) < 4.78 is 0.516. The quantitative estimate of drug-likeness (QED) is 0.366. The zero-order chi connectivity index (χ0) is 7.56. The van der Waals surface area contributed by atoms with Gasteiger partial charge in [-0.15, -0.1) is 0 Å². The van der Waals surface area contributed by atoms with E-state index in [2.05, 4.69) is 12.2 Å². The highest BCUT2D eigenvalue weighted by Gasteiger charge is 2.06. The van der Waals surface area contributed by atoms with Crippen LogP contribution >= 0.6 is 12.2 Å². The first kappa shape index (κ1) is 6.95. The van der Waals surface area contributed by atoms with Crippen LogP contribution in [0.15, 0.2) is 24.4 Å². The molecule has 10 heavy (non-hydrogen) atoms. The Balaban J connectivity index is 3.15. The third-order valence-corrected chi connectivity index (χ3v) is 1.25. The predicted octanol–water partition coefficient (Wildman–Crippen LogP) is 0.554. The Morgan fingerprint density at radius 3 is 2.70 bits per heavy atom. The molecule has 0 aliphatic rings. The molecule has 0 bridgehead atoms. The van der Waals surface area contributed by atoms with E-state index in [9.17, 15) is 5.21 Å². The molecule has 52 valence electrons. The van der Waals surface area contributed by atoms with Crippen molar-refractivity contribution in [1.29, 1.82) is 0 Å². The van der Waals surface area contributed by atoms with Crippen LogP contribution in [0.25, 0.3) is 0 Å². The lowest BCUT2D eigenvalue weighted by molar-refractivity contribution is -0.607. The molecule has 0 aromatic carbocycles. The number of nitrogens with zero attached hydrogens (tertiary/aromatic N) is 1. The highest BCUT2D eigenvalue weighted by molar-refractivity contribution is 7.80. The minimum atomic E-state index is -0.379. The fraction of sp³-hybridized carbons (Fsp3) is 0. The molecule has 1 heterocycles. The molecule has 0 unspecified atom stereocenters. The molecule has 1 aromatic heterocycles. The van der Waals surface area contributed by atoms with Gasteiger partial charge in [0.1, 0.15) is 0 Å². The molecule has 0 aliphatic heterocycles. The molecule has 0 fully saturated rings. The molecule has 3 nitrogen and oxygen atoms in total. The van der Waals surface area contributed by atoms with Crippen molar-refractivity contribution >= 4 is 17.3 Å². The summed E-state index contributed by atoms with van der Waals surface area (Å²) in [6, 6.07) is 4.65. The number of aromatic nitrogens is 1. The van der Waals surface area contributed by atoms with E-state index in [0.717, 1.165) is 0 Å². The first-order valence-corrected chi connectivity index (χ1v) is 3.04. The number of pyridine rings is 1. The second kappa shape index (κ2) is 2.62. The maximum atomic E-state index is 10.7. The summed E-state index contributed by atoms with van der Waals surface area (Å²) in [4.78, 5) is 0. The third kappa shape index (κ3) is 1.22. The van der Waals surface area contributed by atoms with Gasteiger partial charge in [-0.3, -0.25) is 0 Å². The van der Waals surface area contributed by atoms with E-state index >= 15 is 0 Å². The molecular formula is C6H5NO2S. The van der Waals surface area contributed by atoms with Crippen LogP contribution in [0.2, 0.25) is 0 Å². The summed E-state index contributed by atoms with van der Waals surface area (Å²) in [5, 5.41) is 19.1. The number of aliphatic hydroxyl groups is 1. The van der Waals surface area contributed by atoms with Crippen LogP contribution in [-0.2, 0) is 0 Å². The number of aliphatic hydroxyl groups excluding tert-OH is 1. The zero-order valence-electron chi connectivity index (χ0n) is 5.02. The van der Waals surface area contributed by atoms with E-state index in [0.29, 0.717) is 4.73 Å². The van der Waals surface area contributed by atoms with E-state index in [1.54, 1.807) is 12.1 Å². The largest absolute Gasteiger partial charge is 0.618 e. The van der Waals surface area contributed by atoms with Gasteiger partial charge in [0.05, 0.1) is 0 Å². The Kier molecular flexibility index (Phi) is 1.82. The molecular weight excluding hydrogens is 150 g/mol. The monoisotopic (exact) mass is 155 g/mol. The minimum absolute atomic E-state index is 0.109. The smallest absolute Gasteiger partial charge is 0.270 e. The van der Waals surface area contributed by atoms with Gasteiger partial charge in [-0.2, -0.15) is 4.73 Å². The topological polar surface area (TPSA) is 47.2 Å². The highest BCUT2D eigenvalue weighted by atomic mass is 32.1. The maximum Gasteiger partial charge on any atom is 0.270 e. The molecule has 0 amide bonds. The van der Waals surface area contributed by atoms with E-state index < -0.39 is 0 Å². The van der Waals surface area contributed by atoms with Crippen molar-refractivity contribution in [1.82, 2.24) is 0 Å². The molecule has 0 aliphatic carbocycles. The van der Waals surface area contributed by atoms with Crippen molar-refractivity contribution < 1.29 is 9.84 Å². The standard InChI is InChI=1S/C6H5NO2S/c8-6(10)5-3-1-2-4-7(5)9/h1-4H,(H,8,10). The summed E-state index contributed by atoms with van der Waals surface area (Å²) in [6.07, 6.45) is 1.28. The fourth-order valence-electron chi connectivity index (χ4n) is 0.594. The lowest BCUT2D eigenvalue weighted by Gasteiger charge is -1.98. The molecule has 0 saturated heterocycles. The Hall–Kier alpha value is -1.16. The third-order valence-electron chi connectivity index (χ3n) is 1.04. The number of thiocarbonyl (C=S) groups is 1. The van der Waals surface area contributed by atoms with Gasteiger partial charge in [-0.1, -0.05) is 0 Å². The van der Waals surface area contributed by atoms with Crippen molar-refractivity contribution in [2.45, 2.75) is 0 Å². The van der Waals surface area contributed by atoms with Crippen molar-refractivity contribution in [3.8, 4) is 0 Å². The molecule has 0 spiro atoms. The van der Waals surface area contributed by atoms with Gasteiger partial charge in [-0.05, 0) is 18.3 Å². The lowest BCUT2D eigenvalue weighted by Crippen LogP contribution is -2.33. The van der Waals surface area contributed by atoms with Gasteiger partial charge >= 0.3 is 0 Å². The van der Waals surface area contributed by atoms with E-state index in [4.69, 9.17) is 5.11 Å². The molecule has 1 N–H and O–H groups in total. The second-order valence-electron chi connectivity index (χ2n) is 1.72. The number of hydrogen-bond acceptors (Lipinski definition) is 2. The van der Waals surface area contributed by atoms with Gasteiger partial charge in [0, 0.05) is 12.1 Å². The van der Waals surface area contributed by atoms with Crippen LogP contribution in [0.1, 0.15) is 5.69 Å². The zero-order valence-corrected chi connectivity index (χ0v) is 5.84. The van der Waals surface area contributed by atoms with Crippen LogP contribution in [0.3, 0.4) is 0 Å². The van der Waals surface area contributed by atoms with Crippen LogP contribution in [0.5, 0.6) is 0 Å². The second-order valence-corrected chi connectivity index (χ2v) is 2.10. The van der Waals surface area contributed by atoms with Crippen LogP contribution < -0.4 is 4.73 Å². The van der Waals surface area contributed by atoms with Crippen LogP contribution in [-0.4, -0.2) is 10.2 Å². The first-order chi connectivity index (χ1) is 4.72. The Morgan fingerprint density at radius 2 is 2.30 bits per heavy atom. The molecule has 4 heteroatoms. The van der Waals surface area contributed by atoms with Gasteiger partial charge in [-0.25, -0.2) is 0 Å². The summed E-state index contributed by atoms with van der Waals surface area (Å²) in [6.45, 7) is 0. The molecule has 0 radical (unpaired) electrons. The summed E-state index contributed by atoms with van der Waals surface area (Å²) in [5.74, 6) is 0. The molecule has 0 saturated carbocycles. The maximum absolute atomic E-state index is 10.7. The highest BCUT2D eigenvalue weighted by Crippen LogP contribution is 1.90. The van der Waals surface area contributed by atoms with Crippen LogP contribution in [0.4, 0.5) is 0 Å². The normalized spacial score (nSPS) is 9.20. The number of rotatable bonds is 1. The summed E-state index contributed by atoms with van der Waals surface area (Å²) in [5.41, 5.74) is 0.109. The molecule has 0 atom stereocenters. The van der Waals surface area contributed by atoms with E-state index in [1.807, 2.05) is 0 Å². The van der Waals surface area contributed by atoms with Crippen LogP contribution in [0, 0.1) is 5.21 Å². The first-order valence-electron chi connectivity index (χ1n) is 2.63. The van der Waals surface area contributed by atoms with E-state index in [-0.39, 0.29) is 10.7 Å². The van der Waals surface area contributed by atoms with Gasteiger partial charge in [0.15, 0.2) is 6.20 Å². The average Bonchev–Trinajstić information content (AvgIpc) is 1.88. The van der Waals surface area contributed by atoms with Crippen molar-refractivity contribution in [3.05, 3.63) is 35.3 Å². The van der Waals surface area contributed by atoms with Crippen molar-refractivity contribution in [3.63, 3.8) is 0 Å². The molecule has 1 rings (SSSR count). The van der Waals surface area contributed by atoms with E-state index in [1.165, 1.54) is 12.3 Å². The summed E-state index contributed by atoms with van der Waals surface area (Å²) in [7, 11) is 0. The average molecular weight is 155 g/mol. The van der Waals surface area contributed by atoms with Crippen molar-refractivity contribution in [2.24, 2.45) is 0 Å². The van der Waals surface area contributed by atoms with Gasteiger partial charge < -0.3 is 10.3 Å². The van der Waals surface area contributed by atoms with Gasteiger partial charge in [0.25, 0.3) is 10.7 Å². The fourth-order valence-corrected chi connectivity index (χ4v) is 0.752. The van der Waals surface area contributed by atoms with Crippen molar-refractivity contribution in [2.75, 3.05) is 0 Å². The predicted molar refractivity (Wildman–Crippen MR) is 39.7 cm³/mol. The number of hydrogen-bond donors (Lipinski definition) is 1. The lowest BCUT2D eigenvalue weighted by atomic mass is 10.4. The summed E-state index contributed by atoms with van der Waals surface area (Å²) >= 11 is 4.38. The van der Waals surface area contributed by atoms with Gasteiger partial charge in [0.2, 0.25) is 0 Å².